The van der Waals surface area contributed by atoms with Gasteiger partial charge in [0, 0.05) is 17.2 Å². The summed E-state index contributed by atoms with van der Waals surface area (Å²) in [6, 6.07) is 10.0. The second-order valence-electron chi connectivity index (χ2n) is 5.73. The van der Waals surface area contributed by atoms with Gasteiger partial charge >= 0.3 is 0 Å². The Kier molecular flexibility index (Phi) is 5.93. The monoisotopic (exact) mass is 379 g/mol. The molecule has 7 nitrogen and oxygen atoms in total. The van der Waals surface area contributed by atoms with Gasteiger partial charge in [-0.2, -0.15) is 0 Å². The van der Waals surface area contributed by atoms with Gasteiger partial charge in [0.2, 0.25) is 5.91 Å². The Balaban J connectivity index is 2.06. The molecule has 0 aliphatic rings. The summed E-state index contributed by atoms with van der Waals surface area (Å²) in [5.74, 6) is -1.69. The van der Waals surface area contributed by atoms with Crippen LogP contribution in [0.5, 0.6) is 0 Å². The zero-order chi connectivity index (χ0) is 19.3. The van der Waals surface area contributed by atoms with E-state index in [1.807, 2.05) is 0 Å². The number of sulfonamides is 1. The molecule has 3 N–H and O–H groups in total. The molecule has 2 rings (SSSR count). The van der Waals surface area contributed by atoms with Gasteiger partial charge in [0.05, 0.1) is 4.90 Å². The molecule has 0 aliphatic heterocycles. The quantitative estimate of drug-likeness (QED) is 0.692. The van der Waals surface area contributed by atoms with Crippen molar-refractivity contribution >= 4 is 27.5 Å². The Morgan fingerprint density at radius 1 is 0.923 bits per heavy atom. The highest BCUT2D eigenvalue weighted by Crippen LogP contribution is 2.17. The number of hydrogen-bond acceptors (Lipinski definition) is 4. The third kappa shape index (κ3) is 5.03. The first-order valence-electron chi connectivity index (χ1n) is 7.67. The van der Waals surface area contributed by atoms with Crippen molar-refractivity contribution in [2.24, 2.45) is 5.92 Å². The Morgan fingerprint density at radius 3 is 2.04 bits per heavy atom. The highest BCUT2D eigenvalue weighted by Gasteiger charge is 2.16. The number of benzene rings is 2. The van der Waals surface area contributed by atoms with Crippen molar-refractivity contribution in [1.82, 2.24) is 10.9 Å². The number of nitrogens with one attached hydrogen (secondary N) is 3. The normalized spacial score (nSPS) is 11.1. The minimum atomic E-state index is -3.88. The molecule has 0 saturated carbocycles. The minimum Gasteiger partial charge on any atom is -0.280 e. The topological polar surface area (TPSA) is 104 Å². The van der Waals surface area contributed by atoms with E-state index in [9.17, 15) is 22.4 Å². The standard InChI is InChI=1S/C17H18FN3O4S/c1-11(2)16(22)19-20-17(23)12-3-9-15(10-4-12)26(24,25)21-14-7-5-13(18)6-8-14/h3-11,21H,1-2H3,(H,19,22)(H,20,23). The molecule has 0 heterocycles. The van der Waals surface area contributed by atoms with Crippen LogP contribution in [-0.2, 0) is 14.8 Å². The first-order chi connectivity index (χ1) is 12.2. The van der Waals surface area contributed by atoms with Gasteiger partial charge in [-0.05, 0) is 48.5 Å². The molecule has 138 valence electrons. The number of amides is 2. The smallest absolute Gasteiger partial charge is 0.269 e. The van der Waals surface area contributed by atoms with Crippen LogP contribution in [0.3, 0.4) is 0 Å². The van der Waals surface area contributed by atoms with Gasteiger partial charge in [-0.1, -0.05) is 13.8 Å². The van der Waals surface area contributed by atoms with Crippen molar-refractivity contribution in [3.8, 4) is 0 Å². The maximum absolute atomic E-state index is 12.9. The van der Waals surface area contributed by atoms with E-state index in [-0.39, 0.29) is 28.0 Å². The van der Waals surface area contributed by atoms with Gasteiger partial charge in [-0.25, -0.2) is 12.8 Å². The largest absolute Gasteiger partial charge is 0.280 e. The fourth-order valence-electron chi connectivity index (χ4n) is 1.85. The molecular formula is C17H18FN3O4S. The lowest BCUT2D eigenvalue weighted by molar-refractivity contribution is -0.124. The number of halogens is 1. The molecule has 0 atom stereocenters. The van der Waals surface area contributed by atoms with Crippen molar-refractivity contribution in [2.45, 2.75) is 18.7 Å². The molecule has 0 fully saturated rings. The van der Waals surface area contributed by atoms with E-state index in [2.05, 4.69) is 15.6 Å². The second kappa shape index (κ2) is 7.96. The zero-order valence-corrected chi connectivity index (χ0v) is 14.9. The lowest BCUT2D eigenvalue weighted by atomic mass is 10.2. The molecule has 2 aromatic rings. The van der Waals surface area contributed by atoms with Gasteiger partial charge in [0.15, 0.2) is 0 Å². The van der Waals surface area contributed by atoms with Crippen LogP contribution >= 0.6 is 0 Å². The average Bonchev–Trinajstić information content (AvgIpc) is 2.61. The molecule has 0 unspecified atom stereocenters. The first-order valence-corrected chi connectivity index (χ1v) is 9.16. The molecule has 0 aliphatic carbocycles. The van der Waals surface area contributed by atoms with Gasteiger partial charge < -0.3 is 0 Å². The fraction of sp³-hybridized carbons (Fsp3) is 0.176. The SMILES string of the molecule is CC(C)C(=O)NNC(=O)c1ccc(S(=O)(=O)Nc2ccc(F)cc2)cc1. The van der Waals surface area contributed by atoms with E-state index in [1.54, 1.807) is 13.8 Å². The number of rotatable bonds is 5. The molecule has 0 bridgehead atoms. The van der Waals surface area contributed by atoms with Crippen LogP contribution in [0.1, 0.15) is 24.2 Å². The van der Waals surface area contributed by atoms with Gasteiger partial charge in [0.1, 0.15) is 5.82 Å². The van der Waals surface area contributed by atoms with E-state index in [0.29, 0.717) is 0 Å². The fourth-order valence-corrected chi connectivity index (χ4v) is 2.91. The summed E-state index contributed by atoms with van der Waals surface area (Å²) in [5.41, 5.74) is 4.90. The lowest BCUT2D eigenvalue weighted by Gasteiger charge is -2.10. The third-order valence-electron chi connectivity index (χ3n) is 3.35. The van der Waals surface area contributed by atoms with Crippen molar-refractivity contribution in [3.63, 3.8) is 0 Å². The van der Waals surface area contributed by atoms with Crippen LogP contribution in [0.15, 0.2) is 53.4 Å². The van der Waals surface area contributed by atoms with Crippen molar-refractivity contribution in [2.75, 3.05) is 4.72 Å². The number of anilines is 1. The predicted octanol–water partition coefficient (Wildman–Crippen LogP) is 2.04. The van der Waals surface area contributed by atoms with Gasteiger partial charge in [-0.3, -0.25) is 25.2 Å². The van der Waals surface area contributed by atoms with Crippen LogP contribution in [0.2, 0.25) is 0 Å². The zero-order valence-electron chi connectivity index (χ0n) is 14.1. The van der Waals surface area contributed by atoms with Crippen molar-refractivity contribution in [3.05, 3.63) is 59.9 Å². The number of carbonyl (C=O) groups excluding carboxylic acids is 2. The number of carbonyl (C=O) groups is 2. The second-order valence-corrected chi connectivity index (χ2v) is 7.42. The molecule has 9 heteroatoms. The van der Waals surface area contributed by atoms with E-state index in [4.69, 9.17) is 0 Å². The summed E-state index contributed by atoms with van der Waals surface area (Å²) in [4.78, 5) is 23.3. The molecule has 26 heavy (non-hydrogen) atoms. The van der Waals surface area contributed by atoms with E-state index in [1.165, 1.54) is 36.4 Å². The molecular weight excluding hydrogens is 361 g/mol. The Bertz CT molecular complexity index is 895. The molecule has 0 saturated heterocycles. The first kappa shape index (κ1) is 19.4. The van der Waals surface area contributed by atoms with Crippen LogP contribution < -0.4 is 15.6 Å². The predicted molar refractivity (Wildman–Crippen MR) is 94.1 cm³/mol. The molecule has 0 spiro atoms. The van der Waals surface area contributed by atoms with E-state index in [0.717, 1.165) is 12.1 Å². The summed E-state index contributed by atoms with van der Waals surface area (Å²) in [6.45, 7) is 3.35. The summed E-state index contributed by atoms with van der Waals surface area (Å²) >= 11 is 0. The van der Waals surface area contributed by atoms with Crippen LogP contribution in [0.4, 0.5) is 10.1 Å². The minimum absolute atomic E-state index is 0.0652. The summed E-state index contributed by atoms with van der Waals surface area (Å²) in [7, 11) is -3.88. The third-order valence-corrected chi connectivity index (χ3v) is 4.74. The Morgan fingerprint density at radius 2 is 1.50 bits per heavy atom. The van der Waals surface area contributed by atoms with Gasteiger partial charge in [0.25, 0.3) is 15.9 Å². The summed E-state index contributed by atoms with van der Waals surface area (Å²) in [6.07, 6.45) is 0. The number of hydrazine groups is 1. The van der Waals surface area contributed by atoms with E-state index >= 15 is 0 Å². The van der Waals surface area contributed by atoms with Crippen molar-refractivity contribution < 1.29 is 22.4 Å². The molecule has 0 aromatic heterocycles. The molecule has 2 amide bonds. The average molecular weight is 379 g/mol. The summed E-state index contributed by atoms with van der Waals surface area (Å²) in [5, 5.41) is 0. The highest BCUT2D eigenvalue weighted by molar-refractivity contribution is 7.92. The van der Waals surface area contributed by atoms with Crippen LogP contribution in [0.25, 0.3) is 0 Å². The summed E-state index contributed by atoms with van der Waals surface area (Å²) < 4.78 is 39.8. The van der Waals surface area contributed by atoms with E-state index < -0.39 is 21.7 Å². The van der Waals surface area contributed by atoms with Crippen molar-refractivity contribution in [1.29, 1.82) is 0 Å². The maximum Gasteiger partial charge on any atom is 0.269 e. The molecule has 0 radical (unpaired) electrons. The number of hydrogen-bond donors (Lipinski definition) is 3. The van der Waals surface area contributed by atoms with Crippen LogP contribution in [0, 0.1) is 11.7 Å². The lowest BCUT2D eigenvalue weighted by Crippen LogP contribution is -2.43. The van der Waals surface area contributed by atoms with Gasteiger partial charge in [-0.15, -0.1) is 0 Å². The Hall–Kier alpha value is -2.94. The highest BCUT2D eigenvalue weighted by atomic mass is 32.2. The van der Waals surface area contributed by atoms with Crippen LogP contribution in [-0.4, -0.2) is 20.2 Å². The Labute approximate surface area is 150 Å². The maximum atomic E-state index is 12.9. The molecule has 2 aromatic carbocycles.